The van der Waals surface area contributed by atoms with E-state index in [0.29, 0.717) is 18.9 Å². The number of rotatable bonds is 2. The van der Waals surface area contributed by atoms with Gasteiger partial charge in [0.2, 0.25) is 0 Å². The number of nitrogens with one attached hydrogen (secondary N) is 2. The van der Waals surface area contributed by atoms with Crippen LogP contribution in [0.5, 0.6) is 5.75 Å². The molecule has 9 heteroatoms. The van der Waals surface area contributed by atoms with Gasteiger partial charge in [0, 0.05) is 31.7 Å². The molecule has 1 amide bonds. The van der Waals surface area contributed by atoms with Crippen LogP contribution in [-0.4, -0.2) is 56.5 Å². The van der Waals surface area contributed by atoms with E-state index in [-0.39, 0.29) is 39.7 Å². The van der Waals surface area contributed by atoms with Gasteiger partial charge >= 0.3 is 0 Å². The maximum atomic E-state index is 15.7. The second-order valence-corrected chi connectivity index (χ2v) is 7.12. The minimum atomic E-state index is -0.861. The van der Waals surface area contributed by atoms with Crippen LogP contribution < -0.4 is 15.4 Å². The lowest BCUT2D eigenvalue weighted by molar-refractivity contribution is 0.0959. The number of hydrogen-bond acceptors (Lipinski definition) is 5. The van der Waals surface area contributed by atoms with Crippen molar-refractivity contribution in [1.29, 1.82) is 0 Å². The van der Waals surface area contributed by atoms with Gasteiger partial charge in [-0.1, -0.05) is 17.7 Å². The quantitative estimate of drug-likeness (QED) is 0.784. The summed E-state index contributed by atoms with van der Waals surface area (Å²) in [6, 6.07) is 5.49. The van der Waals surface area contributed by atoms with Crippen LogP contribution in [0.1, 0.15) is 10.4 Å². The fourth-order valence-electron chi connectivity index (χ4n) is 3.57. The first-order valence-electron chi connectivity index (χ1n) is 9.17. The van der Waals surface area contributed by atoms with Crippen molar-refractivity contribution in [2.45, 2.75) is 0 Å². The van der Waals surface area contributed by atoms with E-state index in [4.69, 9.17) is 16.3 Å². The van der Waals surface area contributed by atoms with Crippen LogP contribution in [0, 0.1) is 11.6 Å². The summed E-state index contributed by atoms with van der Waals surface area (Å²) in [5.74, 6) is -1.35. The van der Waals surface area contributed by atoms with Gasteiger partial charge in [0.25, 0.3) is 5.91 Å². The highest BCUT2D eigenvalue weighted by Crippen LogP contribution is 2.43. The highest BCUT2D eigenvalue weighted by Gasteiger charge is 2.29. The largest absolute Gasteiger partial charge is 0.496 e. The third kappa shape index (κ3) is 3.54. The molecule has 0 aliphatic carbocycles. The van der Waals surface area contributed by atoms with Crippen LogP contribution in [0.3, 0.4) is 0 Å². The van der Waals surface area contributed by atoms with Crippen molar-refractivity contribution in [3.8, 4) is 16.9 Å². The average molecular weight is 421 g/mol. The average Bonchev–Trinajstić information content (AvgIpc) is 2.89. The number of amides is 1. The van der Waals surface area contributed by atoms with E-state index in [9.17, 15) is 9.18 Å². The minimum Gasteiger partial charge on any atom is -0.496 e. The summed E-state index contributed by atoms with van der Waals surface area (Å²) in [6.07, 6.45) is 0. The number of amidine groups is 1. The van der Waals surface area contributed by atoms with Gasteiger partial charge in [-0.05, 0) is 18.2 Å². The zero-order valence-corrected chi connectivity index (χ0v) is 16.4. The highest BCUT2D eigenvalue weighted by molar-refractivity contribution is 6.34. The van der Waals surface area contributed by atoms with Crippen LogP contribution in [0.4, 0.5) is 14.5 Å². The SMILES string of the molecule is COc1cccc(F)c1-c1c(Cl)cc2c(c1F)N=C(N1CCNCC1)CNC2=O. The number of piperazine rings is 1. The number of benzene rings is 2. The zero-order valence-electron chi connectivity index (χ0n) is 15.7. The lowest BCUT2D eigenvalue weighted by atomic mass is 9.99. The maximum absolute atomic E-state index is 15.7. The van der Waals surface area contributed by atoms with Gasteiger partial charge in [0.15, 0.2) is 5.82 Å². The molecular weight excluding hydrogens is 402 g/mol. The van der Waals surface area contributed by atoms with E-state index in [1.54, 1.807) is 0 Å². The molecule has 2 aliphatic heterocycles. The van der Waals surface area contributed by atoms with Crippen molar-refractivity contribution in [2.75, 3.05) is 39.8 Å². The number of ether oxygens (including phenoxy) is 1. The number of methoxy groups -OCH3 is 1. The van der Waals surface area contributed by atoms with E-state index >= 15 is 4.39 Å². The first-order chi connectivity index (χ1) is 14.0. The predicted octanol–water partition coefficient (Wildman–Crippen LogP) is 2.97. The van der Waals surface area contributed by atoms with Gasteiger partial charge in [-0.3, -0.25) is 4.79 Å². The molecule has 6 nitrogen and oxygen atoms in total. The van der Waals surface area contributed by atoms with Gasteiger partial charge < -0.3 is 20.3 Å². The van der Waals surface area contributed by atoms with Crippen LogP contribution in [0.25, 0.3) is 11.1 Å². The fourth-order valence-corrected chi connectivity index (χ4v) is 3.85. The Morgan fingerprint density at radius 2 is 1.97 bits per heavy atom. The van der Waals surface area contributed by atoms with Gasteiger partial charge in [-0.15, -0.1) is 0 Å². The standard InChI is InChI=1S/C20H19ClF2N4O2/c1-29-14-4-2-3-13(22)17(14)16-12(21)9-11-19(18(16)23)26-15(10-25-20(11)28)27-7-5-24-6-8-27/h2-4,9,24H,5-8,10H2,1H3,(H,25,28). The lowest BCUT2D eigenvalue weighted by Gasteiger charge is -2.30. The number of nitrogens with zero attached hydrogens (tertiary/aromatic N) is 2. The molecule has 2 heterocycles. The van der Waals surface area contributed by atoms with E-state index < -0.39 is 17.5 Å². The van der Waals surface area contributed by atoms with Crippen molar-refractivity contribution < 1.29 is 18.3 Å². The Kier molecular flexibility index (Phi) is 5.38. The van der Waals surface area contributed by atoms with Crippen LogP contribution in [0.15, 0.2) is 29.3 Å². The molecule has 0 atom stereocenters. The molecule has 29 heavy (non-hydrogen) atoms. The zero-order chi connectivity index (χ0) is 20.5. The first kappa shape index (κ1) is 19.6. The Morgan fingerprint density at radius 1 is 1.21 bits per heavy atom. The lowest BCUT2D eigenvalue weighted by Crippen LogP contribution is -2.49. The third-order valence-corrected chi connectivity index (χ3v) is 5.31. The molecule has 2 aromatic carbocycles. The molecular formula is C20H19ClF2N4O2. The smallest absolute Gasteiger partial charge is 0.254 e. The summed E-state index contributed by atoms with van der Waals surface area (Å²) >= 11 is 6.30. The Labute approximate surface area is 171 Å². The van der Waals surface area contributed by atoms with Crippen LogP contribution in [0.2, 0.25) is 5.02 Å². The summed E-state index contributed by atoms with van der Waals surface area (Å²) < 4.78 is 35.5. The number of aliphatic imine (C=N–C) groups is 1. The third-order valence-electron chi connectivity index (χ3n) is 5.01. The maximum Gasteiger partial charge on any atom is 0.254 e. The van der Waals surface area contributed by atoms with E-state index in [2.05, 4.69) is 15.6 Å². The number of carbonyl (C=O) groups excluding carboxylic acids is 1. The van der Waals surface area contributed by atoms with Gasteiger partial charge in [-0.2, -0.15) is 0 Å². The monoisotopic (exact) mass is 420 g/mol. The summed E-state index contributed by atoms with van der Waals surface area (Å²) in [6.45, 7) is 3.07. The molecule has 0 bridgehead atoms. The molecule has 0 aromatic heterocycles. The van der Waals surface area contributed by atoms with Gasteiger partial charge in [0.05, 0.1) is 29.8 Å². The Morgan fingerprint density at radius 3 is 2.69 bits per heavy atom. The Hall–Kier alpha value is -2.71. The van der Waals surface area contributed by atoms with Crippen molar-refractivity contribution >= 4 is 29.0 Å². The molecule has 0 saturated carbocycles. The predicted molar refractivity (Wildman–Crippen MR) is 107 cm³/mol. The molecule has 152 valence electrons. The summed E-state index contributed by atoms with van der Waals surface area (Å²) in [5.41, 5.74) is -0.433. The van der Waals surface area contributed by atoms with Crippen LogP contribution in [-0.2, 0) is 0 Å². The second-order valence-electron chi connectivity index (χ2n) is 6.71. The number of carbonyl (C=O) groups is 1. The molecule has 0 radical (unpaired) electrons. The highest BCUT2D eigenvalue weighted by atomic mass is 35.5. The first-order valence-corrected chi connectivity index (χ1v) is 9.55. The fraction of sp³-hybridized carbons (Fsp3) is 0.300. The number of hydrogen-bond donors (Lipinski definition) is 2. The van der Waals surface area contributed by atoms with Crippen LogP contribution >= 0.6 is 11.6 Å². The Bertz CT molecular complexity index is 1010. The second kappa shape index (κ2) is 7.96. The van der Waals surface area contributed by atoms with E-state index in [0.717, 1.165) is 13.1 Å². The van der Waals surface area contributed by atoms with Gasteiger partial charge in [-0.25, -0.2) is 13.8 Å². The molecule has 1 saturated heterocycles. The van der Waals surface area contributed by atoms with Crippen molar-refractivity contribution in [2.24, 2.45) is 4.99 Å². The van der Waals surface area contributed by atoms with Crippen molar-refractivity contribution in [3.63, 3.8) is 0 Å². The topological polar surface area (TPSA) is 66.0 Å². The summed E-state index contributed by atoms with van der Waals surface area (Å²) in [5, 5.41) is 5.88. The molecule has 2 N–H and O–H groups in total. The van der Waals surface area contributed by atoms with E-state index in [1.807, 2.05) is 4.90 Å². The molecule has 4 rings (SSSR count). The number of fused-ring (bicyclic) bond motifs is 1. The van der Waals surface area contributed by atoms with Crippen molar-refractivity contribution in [3.05, 3.63) is 46.5 Å². The molecule has 2 aliphatic rings. The molecule has 2 aromatic rings. The minimum absolute atomic E-state index is 0.0108. The van der Waals surface area contributed by atoms with Crippen molar-refractivity contribution in [1.82, 2.24) is 15.5 Å². The Balaban J connectivity index is 1.92. The van der Waals surface area contributed by atoms with E-state index in [1.165, 1.54) is 31.4 Å². The van der Waals surface area contributed by atoms with Gasteiger partial charge in [0.1, 0.15) is 23.1 Å². The molecule has 0 spiro atoms. The summed E-state index contributed by atoms with van der Waals surface area (Å²) in [4.78, 5) is 19.0. The number of halogens is 3. The molecule has 1 fully saturated rings. The summed E-state index contributed by atoms with van der Waals surface area (Å²) in [7, 11) is 1.36. The molecule has 0 unspecified atom stereocenters. The normalized spacial score (nSPS) is 16.6.